The fraction of sp³-hybridized carbons (Fsp3) is 0.211. The number of nitrogens with zero attached hydrogens (tertiary/aromatic N) is 2. The Balaban J connectivity index is 1.67. The molecule has 0 aliphatic carbocycles. The number of hydrogen-bond donors (Lipinski definition) is 2. The average molecular weight is 368 g/mol. The van der Waals surface area contributed by atoms with Crippen LogP contribution in [0.4, 0.5) is 15.6 Å². The SMILES string of the molecule is CCOc1cccc(-c2nnc(NC(=O)Nc3ccc(C)c(C)c3)s2)c1. The quantitative estimate of drug-likeness (QED) is 0.674. The van der Waals surface area contributed by atoms with Crippen LogP contribution >= 0.6 is 11.3 Å². The van der Waals surface area contributed by atoms with Crippen molar-refractivity contribution in [2.24, 2.45) is 0 Å². The third kappa shape index (κ3) is 4.37. The van der Waals surface area contributed by atoms with Gasteiger partial charge in [0, 0.05) is 11.3 Å². The van der Waals surface area contributed by atoms with Crippen molar-refractivity contribution in [1.29, 1.82) is 0 Å². The van der Waals surface area contributed by atoms with Gasteiger partial charge in [-0.05, 0) is 56.2 Å². The molecule has 26 heavy (non-hydrogen) atoms. The Labute approximate surface area is 156 Å². The van der Waals surface area contributed by atoms with Gasteiger partial charge >= 0.3 is 6.03 Å². The summed E-state index contributed by atoms with van der Waals surface area (Å²) in [5.74, 6) is 0.780. The molecule has 0 aliphatic heterocycles. The van der Waals surface area contributed by atoms with Crippen LogP contribution in [0.3, 0.4) is 0 Å². The largest absolute Gasteiger partial charge is 0.494 e. The number of ether oxygens (including phenoxy) is 1. The first-order valence-corrected chi connectivity index (χ1v) is 9.09. The molecule has 0 bridgehead atoms. The van der Waals surface area contributed by atoms with Crippen molar-refractivity contribution in [3.8, 4) is 16.3 Å². The summed E-state index contributed by atoms with van der Waals surface area (Å²) in [7, 11) is 0. The number of nitrogens with one attached hydrogen (secondary N) is 2. The van der Waals surface area contributed by atoms with Gasteiger partial charge in [-0.25, -0.2) is 4.79 Å². The van der Waals surface area contributed by atoms with E-state index >= 15 is 0 Å². The summed E-state index contributed by atoms with van der Waals surface area (Å²) in [6, 6.07) is 13.1. The molecule has 0 radical (unpaired) electrons. The highest BCUT2D eigenvalue weighted by Crippen LogP contribution is 2.29. The maximum absolute atomic E-state index is 12.2. The second kappa shape index (κ2) is 7.97. The van der Waals surface area contributed by atoms with E-state index in [-0.39, 0.29) is 6.03 Å². The number of carbonyl (C=O) groups excluding carboxylic acids is 1. The molecule has 0 saturated heterocycles. The Morgan fingerprint density at radius 1 is 1.08 bits per heavy atom. The average Bonchev–Trinajstić information content (AvgIpc) is 3.07. The van der Waals surface area contributed by atoms with Crippen LogP contribution in [0.25, 0.3) is 10.6 Å². The molecule has 0 fully saturated rings. The van der Waals surface area contributed by atoms with Crippen molar-refractivity contribution in [2.75, 3.05) is 17.2 Å². The molecule has 3 rings (SSSR count). The Kier molecular flexibility index (Phi) is 5.48. The zero-order valence-corrected chi connectivity index (χ0v) is 15.7. The van der Waals surface area contributed by atoms with E-state index in [2.05, 4.69) is 20.8 Å². The molecule has 3 aromatic rings. The van der Waals surface area contributed by atoms with Crippen LogP contribution in [-0.2, 0) is 0 Å². The van der Waals surface area contributed by atoms with Crippen LogP contribution in [0.2, 0.25) is 0 Å². The second-order valence-electron chi connectivity index (χ2n) is 5.75. The van der Waals surface area contributed by atoms with E-state index in [1.54, 1.807) is 0 Å². The van der Waals surface area contributed by atoms with Gasteiger partial charge in [0.15, 0.2) is 0 Å². The second-order valence-corrected chi connectivity index (χ2v) is 6.73. The molecule has 2 N–H and O–H groups in total. The van der Waals surface area contributed by atoms with Crippen LogP contribution in [0.15, 0.2) is 42.5 Å². The molecule has 1 heterocycles. The third-order valence-electron chi connectivity index (χ3n) is 3.80. The number of aromatic nitrogens is 2. The van der Waals surface area contributed by atoms with E-state index < -0.39 is 0 Å². The molecule has 0 atom stereocenters. The summed E-state index contributed by atoms with van der Waals surface area (Å²) in [6.07, 6.45) is 0. The highest BCUT2D eigenvalue weighted by Gasteiger charge is 2.11. The predicted molar refractivity (Wildman–Crippen MR) is 105 cm³/mol. The number of aryl methyl sites for hydroxylation is 2. The molecule has 2 amide bonds. The first-order valence-electron chi connectivity index (χ1n) is 8.27. The monoisotopic (exact) mass is 368 g/mol. The van der Waals surface area contributed by atoms with Gasteiger partial charge in [-0.3, -0.25) is 5.32 Å². The fourth-order valence-corrected chi connectivity index (χ4v) is 3.09. The van der Waals surface area contributed by atoms with E-state index in [4.69, 9.17) is 4.74 Å². The number of benzene rings is 2. The van der Waals surface area contributed by atoms with Gasteiger partial charge in [0.2, 0.25) is 5.13 Å². The minimum atomic E-state index is -0.348. The van der Waals surface area contributed by atoms with Crippen molar-refractivity contribution in [2.45, 2.75) is 20.8 Å². The number of anilines is 2. The van der Waals surface area contributed by atoms with Crippen LogP contribution < -0.4 is 15.4 Å². The molecule has 7 heteroatoms. The van der Waals surface area contributed by atoms with Crippen molar-refractivity contribution < 1.29 is 9.53 Å². The zero-order chi connectivity index (χ0) is 18.5. The Morgan fingerprint density at radius 2 is 1.92 bits per heavy atom. The Morgan fingerprint density at radius 3 is 2.69 bits per heavy atom. The fourth-order valence-electron chi connectivity index (χ4n) is 2.35. The number of carbonyl (C=O) groups is 1. The van der Waals surface area contributed by atoms with Gasteiger partial charge < -0.3 is 10.1 Å². The van der Waals surface area contributed by atoms with E-state index in [1.807, 2.05) is 63.2 Å². The smallest absolute Gasteiger partial charge is 0.325 e. The summed E-state index contributed by atoms with van der Waals surface area (Å²) < 4.78 is 5.50. The summed E-state index contributed by atoms with van der Waals surface area (Å²) in [5.41, 5.74) is 3.94. The van der Waals surface area contributed by atoms with Gasteiger partial charge in [-0.15, -0.1) is 10.2 Å². The normalized spacial score (nSPS) is 10.4. The zero-order valence-electron chi connectivity index (χ0n) is 14.9. The number of amides is 2. The third-order valence-corrected chi connectivity index (χ3v) is 4.69. The maximum atomic E-state index is 12.2. The van der Waals surface area contributed by atoms with Gasteiger partial charge in [-0.2, -0.15) is 0 Å². The highest BCUT2D eigenvalue weighted by atomic mass is 32.1. The molecule has 0 spiro atoms. The van der Waals surface area contributed by atoms with E-state index in [9.17, 15) is 4.79 Å². The molecule has 134 valence electrons. The number of hydrogen-bond acceptors (Lipinski definition) is 5. The van der Waals surface area contributed by atoms with Crippen LogP contribution in [0.1, 0.15) is 18.1 Å². The van der Waals surface area contributed by atoms with Crippen LogP contribution in [0.5, 0.6) is 5.75 Å². The van der Waals surface area contributed by atoms with Gasteiger partial charge in [-0.1, -0.05) is 29.5 Å². The van der Waals surface area contributed by atoms with Gasteiger partial charge in [0.05, 0.1) is 6.61 Å². The summed E-state index contributed by atoms with van der Waals surface area (Å²) in [6.45, 7) is 6.58. The molecule has 0 aliphatic rings. The van der Waals surface area contributed by atoms with Crippen molar-refractivity contribution in [3.63, 3.8) is 0 Å². The molecule has 2 aromatic carbocycles. The summed E-state index contributed by atoms with van der Waals surface area (Å²) in [5, 5.41) is 14.9. The van der Waals surface area contributed by atoms with E-state index in [1.165, 1.54) is 16.9 Å². The van der Waals surface area contributed by atoms with Crippen LogP contribution in [-0.4, -0.2) is 22.8 Å². The lowest BCUT2D eigenvalue weighted by molar-refractivity contribution is 0.262. The molecule has 0 unspecified atom stereocenters. The molecule has 1 aromatic heterocycles. The first-order chi connectivity index (χ1) is 12.5. The van der Waals surface area contributed by atoms with Crippen LogP contribution in [0, 0.1) is 13.8 Å². The van der Waals surface area contributed by atoms with E-state index in [0.29, 0.717) is 16.7 Å². The lowest BCUT2D eigenvalue weighted by atomic mass is 10.1. The minimum absolute atomic E-state index is 0.348. The standard InChI is InChI=1S/C19H20N4O2S/c1-4-25-16-7-5-6-14(11-16)17-22-23-19(26-17)21-18(24)20-15-9-8-12(2)13(3)10-15/h5-11H,4H2,1-3H3,(H2,20,21,23,24). The minimum Gasteiger partial charge on any atom is -0.494 e. The number of urea groups is 1. The summed E-state index contributed by atoms with van der Waals surface area (Å²) >= 11 is 1.31. The van der Waals surface area contributed by atoms with Gasteiger partial charge in [0.25, 0.3) is 0 Å². The highest BCUT2D eigenvalue weighted by molar-refractivity contribution is 7.18. The lowest BCUT2D eigenvalue weighted by Gasteiger charge is -2.07. The topological polar surface area (TPSA) is 76.1 Å². The molecular weight excluding hydrogens is 348 g/mol. The Hall–Kier alpha value is -2.93. The molecule has 6 nitrogen and oxygen atoms in total. The van der Waals surface area contributed by atoms with Gasteiger partial charge in [0.1, 0.15) is 10.8 Å². The summed E-state index contributed by atoms with van der Waals surface area (Å²) in [4.78, 5) is 12.2. The maximum Gasteiger partial charge on any atom is 0.325 e. The van der Waals surface area contributed by atoms with Crippen molar-refractivity contribution >= 4 is 28.2 Å². The molecular formula is C19H20N4O2S. The Bertz CT molecular complexity index is 923. The first kappa shape index (κ1) is 17.9. The molecule has 0 saturated carbocycles. The number of rotatable bonds is 5. The van der Waals surface area contributed by atoms with Crippen molar-refractivity contribution in [3.05, 3.63) is 53.6 Å². The lowest BCUT2D eigenvalue weighted by Crippen LogP contribution is -2.19. The predicted octanol–water partition coefficient (Wildman–Crippen LogP) is 4.86. The van der Waals surface area contributed by atoms with E-state index in [0.717, 1.165) is 22.6 Å². The van der Waals surface area contributed by atoms with Crippen molar-refractivity contribution in [1.82, 2.24) is 10.2 Å².